The fraction of sp³-hybridized carbons (Fsp3) is 0.0345. The molecule has 5 rings (SSSR count). The average molecular weight is 526 g/mol. The third-order valence-electron chi connectivity index (χ3n) is 5.65. The number of amides is 1. The summed E-state index contributed by atoms with van der Waals surface area (Å²) >= 11 is 3.44. The van der Waals surface area contributed by atoms with Crippen molar-refractivity contribution >= 4 is 45.3 Å². The standard InChI is InChI=1S/C29H20BrNO4/c1-34-29(33)21-9-13-24(14-10-21)31-26(19-5-3-2-4-6-19)18-22(28(31)32)17-25-15-16-27(35-25)20-7-11-23(30)12-8-20/h2-18H,1H3/b22-17-. The van der Waals surface area contributed by atoms with Crippen LogP contribution < -0.4 is 4.90 Å². The summed E-state index contributed by atoms with van der Waals surface area (Å²) in [5, 5.41) is 0. The Bertz CT molecular complexity index is 1450. The van der Waals surface area contributed by atoms with Crippen molar-refractivity contribution in [2.45, 2.75) is 0 Å². The van der Waals surface area contributed by atoms with Gasteiger partial charge in [-0.1, -0.05) is 58.4 Å². The Morgan fingerprint density at radius 2 is 1.60 bits per heavy atom. The number of carbonyl (C=O) groups is 2. The van der Waals surface area contributed by atoms with Gasteiger partial charge in [-0.15, -0.1) is 0 Å². The number of rotatable bonds is 5. The summed E-state index contributed by atoms with van der Waals surface area (Å²) in [6.45, 7) is 0. The number of methoxy groups -OCH3 is 1. The molecule has 1 aliphatic heterocycles. The van der Waals surface area contributed by atoms with Crippen LogP contribution in [0.4, 0.5) is 5.69 Å². The third-order valence-corrected chi connectivity index (χ3v) is 6.18. The SMILES string of the molecule is COC(=O)c1ccc(N2C(=O)/C(=C\c3ccc(-c4ccc(Br)cc4)o3)C=C2c2ccccc2)cc1. The minimum Gasteiger partial charge on any atom is -0.465 e. The molecule has 2 heterocycles. The van der Waals surface area contributed by atoms with Crippen molar-refractivity contribution in [3.8, 4) is 11.3 Å². The summed E-state index contributed by atoms with van der Waals surface area (Å²) in [6, 6.07) is 28.0. The number of halogens is 1. The first-order valence-electron chi connectivity index (χ1n) is 10.9. The zero-order chi connectivity index (χ0) is 24.4. The molecule has 1 aromatic heterocycles. The molecule has 35 heavy (non-hydrogen) atoms. The fourth-order valence-electron chi connectivity index (χ4n) is 3.91. The summed E-state index contributed by atoms with van der Waals surface area (Å²) < 4.78 is 11.8. The zero-order valence-corrected chi connectivity index (χ0v) is 20.4. The molecule has 1 amide bonds. The van der Waals surface area contributed by atoms with E-state index in [0.717, 1.165) is 27.1 Å². The molecule has 0 fully saturated rings. The number of ether oxygens (including phenoxy) is 1. The Kier molecular flexibility index (Phi) is 6.21. The van der Waals surface area contributed by atoms with Crippen molar-refractivity contribution in [1.29, 1.82) is 0 Å². The van der Waals surface area contributed by atoms with Gasteiger partial charge < -0.3 is 9.15 Å². The molecule has 6 heteroatoms. The van der Waals surface area contributed by atoms with Gasteiger partial charge in [0.2, 0.25) is 0 Å². The number of esters is 1. The Labute approximate surface area is 211 Å². The minimum absolute atomic E-state index is 0.184. The molecule has 4 aromatic rings. The van der Waals surface area contributed by atoms with E-state index in [4.69, 9.17) is 9.15 Å². The van der Waals surface area contributed by atoms with E-state index in [2.05, 4.69) is 15.9 Å². The molecule has 172 valence electrons. The molecule has 3 aromatic carbocycles. The third kappa shape index (κ3) is 4.61. The van der Waals surface area contributed by atoms with Crippen LogP contribution in [0.3, 0.4) is 0 Å². The molecular weight excluding hydrogens is 506 g/mol. The number of hydrogen-bond donors (Lipinski definition) is 0. The van der Waals surface area contributed by atoms with Gasteiger partial charge in [0.25, 0.3) is 5.91 Å². The van der Waals surface area contributed by atoms with Crippen LogP contribution in [0.25, 0.3) is 23.1 Å². The molecule has 0 radical (unpaired) electrons. The van der Waals surface area contributed by atoms with Gasteiger partial charge in [-0.3, -0.25) is 9.69 Å². The van der Waals surface area contributed by atoms with Crippen LogP contribution in [0.1, 0.15) is 21.7 Å². The van der Waals surface area contributed by atoms with Gasteiger partial charge >= 0.3 is 5.97 Å². The van der Waals surface area contributed by atoms with Crippen molar-refractivity contribution in [2.75, 3.05) is 12.0 Å². The Balaban J connectivity index is 1.51. The van der Waals surface area contributed by atoms with Crippen molar-refractivity contribution in [3.05, 3.63) is 124 Å². The summed E-state index contributed by atoms with van der Waals surface area (Å²) in [5.41, 5.74) is 4.15. The van der Waals surface area contributed by atoms with Gasteiger partial charge in [-0.2, -0.15) is 0 Å². The van der Waals surface area contributed by atoms with Crippen molar-refractivity contribution in [3.63, 3.8) is 0 Å². The fourth-order valence-corrected chi connectivity index (χ4v) is 4.17. The molecule has 1 aliphatic rings. The monoisotopic (exact) mass is 525 g/mol. The van der Waals surface area contributed by atoms with E-state index in [0.29, 0.717) is 22.6 Å². The van der Waals surface area contributed by atoms with Gasteiger partial charge in [0.05, 0.1) is 18.4 Å². The average Bonchev–Trinajstić information content (AvgIpc) is 3.49. The summed E-state index contributed by atoms with van der Waals surface area (Å²) in [6.07, 6.45) is 3.60. The van der Waals surface area contributed by atoms with E-state index in [1.807, 2.05) is 72.8 Å². The molecule has 0 bridgehead atoms. The Morgan fingerprint density at radius 3 is 2.29 bits per heavy atom. The minimum atomic E-state index is -0.428. The lowest BCUT2D eigenvalue weighted by atomic mass is 10.1. The molecule has 0 aliphatic carbocycles. The van der Waals surface area contributed by atoms with Crippen LogP contribution in [0.5, 0.6) is 0 Å². The van der Waals surface area contributed by atoms with Crippen LogP contribution in [0.2, 0.25) is 0 Å². The van der Waals surface area contributed by atoms with Crippen molar-refractivity contribution in [2.24, 2.45) is 0 Å². The van der Waals surface area contributed by atoms with Crippen LogP contribution in [-0.2, 0) is 9.53 Å². The van der Waals surface area contributed by atoms with Gasteiger partial charge in [-0.25, -0.2) is 4.79 Å². The highest BCUT2D eigenvalue weighted by Crippen LogP contribution is 2.36. The molecular formula is C29H20BrNO4. The summed E-state index contributed by atoms with van der Waals surface area (Å²) in [7, 11) is 1.34. The molecule has 5 nitrogen and oxygen atoms in total. The van der Waals surface area contributed by atoms with Gasteiger partial charge in [0, 0.05) is 21.3 Å². The maximum absolute atomic E-state index is 13.6. The maximum atomic E-state index is 13.6. The molecule has 0 atom stereocenters. The van der Waals surface area contributed by atoms with E-state index in [1.165, 1.54) is 7.11 Å². The highest BCUT2D eigenvalue weighted by Gasteiger charge is 2.30. The highest BCUT2D eigenvalue weighted by atomic mass is 79.9. The van der Waals surface area contributed by atoms with Gasteiger partial charge in [0.1, 0.15) is 11.5 Å². The second kappa shape index (κ2) is 9.60. The smallest absolute Gasteiger partial charge is 0.337 e. The van der Waals surface area contributed by atoms with Crippen LogP contribution in [-0.4, -0.2) is 19.0 Å². The van der Waals surface area contributed by atoms with Crippen molar-refractivity contribution in [1.82, 2.24) is 0 Å². The van der Waals surface area contributed by atoms with Gasteiger partial charge in [0.15, 0.2) is 0 Å². The second-order valence-electron chi connectivity index (χ2n) is 7.88. The first-order chi connectivity index (χ1) is 17.0. The largest absolute Gasteiger partial charge is 0.465 e. The Hall–Kier alpha value is -4.16. The maximum Gasteiger partial charge on any atom is 0.337 e. The summed E-state index contributed by atoms with van der Waals surface area (Å²) in [5.74, 6) is 0.689. The molecule has 0 saturated carbocycles. The molecule has 0 spiro atoms. The van der Waals surface area contributed by atoms with E-state index in [1.54, 1.807) is 35.2 Å². The van der Waals surface area contributed by atoms with Crippen LogP contribution in [0, 0.1) is 0 Å². The first kappa shape index (κ1) is 22.6. The lowest BCUT2D eigenvalue weighted by Gasteiger charge is -2.21. The molecule has 0 N–H and O–H groups in total. The Morgan fingerprint density at radius 1 is 0.886 bits per heavy atom. The highest BCUT2D eigenvalue weighted by molar-refractivity contribution is 9.10. The topological polar surface area (TPSA) is 59.8 Å². The van der Waals surface area contributed by atoms with E-state index in [-0.39, 0.29) is 5.91 Å². The number of furan rings is 1. The number of benzene rings is 3. The zero-order valence-electron chi connectivity index (χ0n) is 18.8. The lowest BCUT2D eigenvalue weighted by Crippen LogP contribution is -2.25. The molecule has 0 saturated heterocycles. The first-order valence-corrected chi connectivity index (χ1v) is 11.7. The predicted molar refractivity (Wildman–Crippen MR) is 140 cm³/mol. The lowest BCUT2D eigenvalue weighted by molar-refractivity contribution is -0.113. The number of anilines is 1. The number of hydrogen-bond acceptors (Lipinski definition) is 4. The van der Waals surface area contributed by atoms with E-state index in [9.17, 15) is 9.59 Å². The molecule has 0 unspecified atom stereocenters. The van der Waals surface area contributed by atoms with Gasteiger partial charge in [-0.05, 0) is 66.2 Å². The van der Waals surface area contributed by atoms with E-state index < -0.39 is 5.97 Å². The normalized spacial score (nSPS) is 14.3. The van der Waals surface area contributed by atoms with Crippen molar-refractivity contribution < 1.29 is 18.7 Å². The predicted octanol–water partition coefficient (Wildman–Crippen LogP) is 6.97. The van der Waals surface area contributed by atoms with E-state index >= 15 is 0 Å². The van der Waals surface area contributed by atoms with Crippen LogP contribution in [0.15, 0.2) is 112 Å². The number of nitrogens with zero attached hydrogens (tertiary/aromatic N) is 1. The second-order valence-corrected chi connectivity index (χ2v) is 8.80. The number of carbonyl (C=O) groups excluding carboxylic acids is 2. The summed E-state index contributed by atoms with van der Waals surface area (Å²) in [4.78, 5) is 27.0. The quantitative estimate of drug-likeness (QED) is 0.208. The van der Waals surface area contributed by atoms with Crippen LogP contribution >= 0.6 is 15.9 Å².